The Labute approximate surface area is 178 Å². The Balaban J connectivity index is 2.11. The van der Waals surface area contributed by atoms with Crippen LogP contribution in [0.2, 0.25) is 0 Å². The van der Waals surface area contributed by atoms with Crippen molar-refractivity contribution < 1.29 is 19.2 Å². The third kappa shape index (κ3) is 5.43. The van der Waals surface area contributed by atoms with Crippen LogP contribution in [0.5, 0.6) is 0 Å². The Bertz CT molecular complexity index is 644. The van der Waals surface area contributed by atoms with E-state index in [1.165, 1.54) is 6.92 Å². The zero-order valence-corrected chi connectivity index (χ0v) is 18.5. The molecule has 2 fully saturated rings. The Morgan fingerprint density at radius 2 is 1.86 bits per heavy atom. The molecule has 2 aliphatic rings. The molecule has 4 amide bonds. The van der Waals surface area contributed by atoms with Gasteiger partial charge in [-0.05, 0) is 38.5 Å². The van der Waals surface area contributed by atoms with E-state index in [1.54, 1.807) is 9.80 Å². The van der Waals surface area contributed by atoms with E-state index >= 15 is 0 Å². The van der Waals surface area contributed by atoms with Crippen LogP contribution in [0.3, 0.4) is 0 Å². The summed E-state index contributed by atoms with van der Waals surface area (Å²) in [7, 11) is 0. The summed E-state index contributed by atoms with van der Waals surface area (Å²) < 4.78 is 0. The molecule has 0 radical (unpaired) electrons. The molecule has 0 aliphatic carbocycles. The van der Waals surface area contributed by atoms with Crippen molar-refractivity contribution in [1.29, 1.82) is 0 Å². The maximum Gasteiger partial charge on any atom is 0.246 e. The van der Waals surface area contributed by atoms with Gasteiger partial charge in [-0.25, -0.2) is 0 Å². The average Bonchev–Trinajstić information content (AvgIpc) is 3.31. The molecule has 0 spiro atoms. The first-order valence-corrected chi connectivity index (χ1v) is 11.1. The number of primary amides is 1. The smallest absolute Gasteiger partial charge is 0.246 e. The van der Waals surface area contributed by atoms with Gasteiger partial charge in [0.2, 0.25) is 23.6 Å². The number of unbranched alkanes of at least 4 members (excludes halogenated alkanes) is 1. The van der Waals surface area contributed by atoms with Gasteiger partial charge >= 0.3 is 0 Å². The number of thiol groups is 1. The fourth-order valence-electron chi connectivity index (χ4n) is 4.15. The molecule has 0 aromatic carbocycles. The van der Waals surface area contributed by atoms with E-state index in [0.29, 0.717) is 32.4 Å². The van der Waals surface area contributed by atoms with Crippen LogP contribution in [-0.4, -0.2) is 69.9 Å². The van der Waals surface area contributed by atoms with Crippen molar-refractivity contribution in [2.45, 2.75) is 82.7 Å². The molecular formula is C20H34N4O4S. The van der Waals surface area contributed by atoms with Gasteiger partial charge < -0.3 is 20.9 Å². The Morgan fingerprint density at radius 1 is 1.17 bits per heavy atom. The van der Waals surface area contributed by atoms with Gasteiger partial charge in [0.05, 0.1) is 5.25 Å². The Hall–Kier alpha value is -1.77. The second-order valence-corrected chi connectivity index (χ2v) is 8.85. The maximum atomic E-state index is 13.3. The number of nitrogens with zero attached hydrogens (tertiary/aromatic N) is 2. The largest absolute Gasteiger partial charge is 0.368 e. The molecule has 2 heterocycles. The van der Waals surface area contributed by atoms with Crippen molar-refractivity contribution in [3.8, 4) is 0 Å². The minimum Gasteiger partial charge on any atom is -0.368 e. The standard InChI is InChI=1S/C20H34N4O4S/c1-4-5-8-15(29)20(28)23-10-6-7-14(23)19(27)24-11-9-12(2)16(24)18(26)22-13(3)17(21)25/h12-16,29H,4-11H2,1-3H3,(H2,21,25)(H,22,26)/t12?,13-,14-,15?,16-/m0/s1. The molecule has 2 aliphatic heterocycles. The summed E-state index contributed by atoms with van der Waals surface area (Å²) in [6.45, 7) is 6.50. The highest BCUT2D eigenvalue weighted by Crippen LogP contribution is 2.29. The second kappa shape index (κ2) is 10.3. The van der Waals surface area contributed by atoms with E-state index < -0.39 is 29.3 Å². The SMILES string of the molecule is CCCCC(S)C(=O)N1CCC[C@H]1C(=O)N1CCC(C)[C@H]1C(=O)N[C@@H](C)C(N)=O. The molecule has 5 atom stereocenters. The number of rotatable bonds is 8. The average molecular weight is 427 g/mol. The van der Waals surface area contributed by atoms with Crippen molar-refractivity contribution in [3.05, 3.63) is 0 Å². The molecule has 29 heavy (non-hydrogen) atoms. The lowest BCUT2D eigenvalue weighted by atomic mass is 10.0. The quantitative estimate of drug-likeness (QED) is 0.496. The first-order chi connectivity index (χ1) is 13.7. The number of hydrogen-bond donors (Lipinski definition) is 3. The molecule has 0 saturated carbocycles. The summed E-state index contributed by atoms with van der Waals surface area (Å²) in [6, 6.07) is -2.01. The van der Waals surface area contributed by atoms with Gasteiger partial charge in [-0.2, -0.15) is 12.6 Å². The molecule has 3 N–H and O–H groups in total. The normalized spacial score (nSPS) is 26.3. The van der Waals surface area contributed by atoms with Crippen molar-refractivity contribution in [2.75, 3.05) is 13.1 Å². The number of likely N-dealkylation sites (tertiary alicyclic amines) is 2. The highest BCUT2D eigenvalue weighted by atomic mass is 32.1. The number of amides is 4. The van der Waals surface area contributed by atoms with Crippen LogP contribution in [0.1, 0.15) is 59.3 Å². The summed E-state index contributed by atoms with van der Waals surface area (Å²) in [5, 5.41) is 2.20. The Kier molecular flexibility index (Phi) is 8.36. The molecule has 9 heteroatoms. The van der Waals surface area contributed by atoms with Crippen LogP contribution in [0.25, 0.3) is 0 Å². The molecule has 8 nitrogen and oxygen atoms in total. The van der Waals surface area contributed by atoms with Gasteiger partial charge in [-0.15, -0.1) is 0 Å². The second-order valence-electron chi connectivity index (χ2n) is 8.22. The number of hydrogen-bond acceptors (Lipinski definition) is 5. The fraction of sp³-hybridized carbons (Fsp3) is 0.800. The van der Waals surface area contributed by atoms with Crippen LogP contribution in [0, 0.1) is 5.92 Å². The predicted octanol–water partition coefficient (Wildman–Crippen LogP) is 0.693. The van der Waals surface area contributed by atoms with Crippen LogP contribution >= 0.6 is 12.6 Å². The maximum absolute atomic E-state index is 13.3. The highest BCUT2D eigenvalue weighted by molar-refractivity contribution is 7.81. The Morgan fingerprint density at radius 3 is 2.48 bits per heavy atom. The van der Waals surface area contributed by atoms with E-state index in [0.717, 1.165) is 19.3 Å². The lowest BCUT2D eigenvalue weighted by molar-refractivity contribution is -0.147. The van der Waals surface area contributed by atoms with E-state index in [1.807, 2.05) is 6.92 Å². The molecule has 2 saturated heterocycles. The molecule has 0 bridgehead atoms. The lowest BCUT2D eigenvalue weighted by Crippen LogP contribution is -2.56. The van der Waals surface area contributed by atoms with E-state index in [9.17, 15) is 19.2 Å². The van der Waals surface area contributed by atoms with Crippen molar-refractivity contribution >= 4 is 36.3 Å². The molecule has 2 unspecified atom stereocenters. The van der Waals surface area contributed by atoms with Crippen molar-refractivity contribution in [3.63, 3.8) is 0 Å². The number of nitrogens with two attached hydrogens (primary N) is 1. The van der Waals surface area contributed by atoms with Gasteiger partial charge in [0, 0.05) is 13.1 Å². The molecule has 164 valence electrons. The highest BCUT2D eigenvalue weighted by Gasteiger charge is 2.45. The van der Waals surface area contributed by atoms with Crippen molar-refractivity contribution in [2.24, 2.45) is 11.7 Å². The molecule has 2 rings (SSSR count). The van der Waals surface area contributed by atoms with Gasteiger partial charge in [0.15, 0.2) is 0 Å². The summed E-state index contributed by atoms with van der Waals surface area (Å²) in [5.41, 5.74) is 5.24. The predicted molar refractivity (Wildman–Crippen MR) is 113 cm³/mol. The number of carbonyl (C=O) groups excluding carboxylic acids is 4. The fourth-order valence-corrected chi connectivity index (χ4v) is 4.49. The summed E-state index contributed by atoms with van der Waals surface area (Å²) in [5.74, 6) is -1.33. The van der Waals surface area contributed by atoms with Gasteiger partial charge in [0.25, 0.3) is 0 Å². The van der Waals surface area contributed by atoms with Crippen LogP contribution in [-0.2, 0) is 19.2 Å². The zero-order valence-electron chi connectivity index (χ0n) is 17.6. The molecule has 0 aromatic rings. The summed E-state index contributed by atoms with van der Waals surface area (Å²) >= 11 is 4.45. The first-order valence-electron chi connectivity index (χ1n) is 10.6. The minimum atomic E-state index is -0.805. The monoisotopic (exact) mass is 426 g/mol. The first kappa shape index (κ1) is 23.5. The van der Waals surface area contributed by atoms with E-state index in [2.05, 4.69) is 24.9 Å². The van der Waals surface area contributed by atoms with Gasteiger partial charge in [0.1, 0.15) is 18.1 Å². The van der Waals surface area contributed by atoms with Gasteiger partial charge in [-0.3, -0.25) is 19.2 Å². The molecular weight excluding hydrogens is 392 g/mol. The van der Waals surface area contributed by atoms with E-state index in [4.69, 9.17) is 5.73 Å². The van der Waals surface area contributed by atoms with Crippen LogP contribution in [0.15, 0.2) is 0 Å². The summed E-state index contributed by atoms with van der Waals surface area (Å²) in [6.07, 6.45) is 4.63. The van der Waals surface area contributed by atoms with Gasteiger partial charge in [-0.1, -0.05) is 26.7 Å². The number of nitrogens with one attached hydrogen (secondary N) is 1. The molecule has 0 aromatic heterocycles. The van der Waals surface area contributed by atoms with Crippen LogP contribution < -0.4 is 11.1 Å². The minimum absolute atomic E-state index is 0.0354. The summed E-state index contributed by atoms with van der Waals surface area (Å²) in [4.78, 5) is 53.4. The topological polar surface area (TPSA) is 113 Å². The zero-order chi connectivity index (χ0) is 21.7. The number of carbonyl (C=O) groups is 4. The lowest BCUT2D eigenvalue weighted by Gasteiger charge is -2.33. The third-order valence-corrected chi connectivity index (χ3v) is 6.45. The third-order valence-electron chi connectivity index (χ3n) is 5.97. The van der Waals surface area contributed by atoms with E-state index in [-0.39, 0.29) is 23.6 Å². The van der Waals surface area contributed by atoms with Crippen LogP contribution in [0.4, 0.5) is 0 Å². The van der Waals surface area contributed by atoms with Crippen molar-refractivity contribution in [1.82, 2.24) is 15.1 Å².